The Morgan fingerprint density at radius 3 is 2.81 bits per heavy atom. The van der Waals surface area contributed by atoms with Gasteiger partial charge in [0.1, 0.15) is 5.75 Å². The maximum absolute atomic E-state index is 12.5. The van der Waals surface area contributed by atoms with Crippen molar-refractivity contribution in [2.75, 3.05) is 16.8 Å². The molecule has 4 rings (SSSR count). The van der Waals surface area contributed by atoms with Gasteiger partial charge >= 0.3 is 0 Å². The van der Waals surface area contributed by atoms with Crippen molar-refractivity contribution in [3.8, 4) is 5.75 Å². The highest BCUT2D eigenvalue weighted by Crippen LogP contribution is 2.30. The number of aryl methyl sites for hydroxylation is 1. The first-order chi connectivity index (χ1) is 12.5. The van der Waals surface area contributed by atoms with E-state index >= 15 is 0 Å². The summed E-state index contributed by atoms with van der Waals surface area (Å²) >= 11 is 1.62. The zero-order valence-corrected chi connectivity index (χ0v) is 14.9. The van der Waals surface area contributed by atoms with Crippen LogP contribution in [0.3, 0.4) is 0 Å². The highest BCUT2D eigenvalue weighted by molar-refractivity contribution is 7.18. The number of fused-ring (bicyclic) bond motifs is 1. The fourth-order valence-electron chi connectivity index (χ4n) is 3.12. The fraction of sp³-hybridized carbons (Fsp3) is 0.211. The number of thiazole rings is 1. The van der Waals surface area contributed by atoms with E-state index in [9.17, 15) is 14.7 Å². The lowest BCUT2D eigenvalue weighted by Gasteiger charge is -2.16. The number of carbonyl (C=O) groups excluding carboxylic acids is 2. The number of carbonyl (C=O) groups is 2. The van der Waals surface area contributed by atoms with E-state index < -0.39 is 5.92 Å². The Morgan fingerprint density at radius 2 is 2.04 bits per heavy atom. The molecular weight excluding hydrogens is 350 g/mol. The van der Waals surface area contributed by atoms with Gasteiger partial charge in [-0.15, -0.1) is 11.3 Å². The molecule has 2 amide bonds. The van der Waals surface area contributed by atoms with Gasteiger partial charge in [-0.2, -0.15) is 0 Å². The summed E-state index contributed by atoms with van der Waals surface area (Å²) in [6, 6.07) is 12.0. The van der Waals surface area contributed by atoms with E-state index in [1.807, 2.05) is 25.1 Å². The van der Waals surface area contributed by atoms with Crippen LogP contribution in [0, 0.1) is 12.8 Å². The second kappa shape index (κ2) is 6.42. The first-order valence-corrected chi connectivity index (χ1v) is 9.09. The van der Waals surface area contributed by atoms with Gasteiger partial charge in [-0.25, -0.2) is 4.98 Å². The van der Waals surface area contributed by atoms with Crippen molar-refractivity contribution < 1.29 is 14.7 Å². The lowest BCUT2D eigenvalue weighted by atomic mass is 10.1. The minimum absolute atomic E-state index is 0.0674. The third kappa shape index (κ3) is 3.13. The number of anilines is 2. The normalized spacial score (nSPS) is 17.0. The molecule has 132 valence electrons. The van der Waals surface area contributed by atoms with Gasteiger partial charge in [-0.05, 0) is 49.4 Å². The standard InChI is InChI=1S/C19H17N3O3S/c1-11-20-16-9-14(4-7-17(16)26-11)22-10-12(8-18(22)24)19(25)21-13-2-5-15(23)6-3-13/h2-7,9,12,23H,8,10H2,1H3,(H,21,25). The summed E-state index contributed by atoms with van der Waals surface area (Å²) in [6.07, 6.45) is 0.179. The molecule has 7 heteroatoms. The maximum Gasteiger partial charge on any atom is 0.229 e. The van der Waals surface area contributed by atoms with Crippen molar-refractivity contribution in [2.45, 2.75) is 13.3 Å². The zero-order chi connectivity index (χ0) is 18.3. The minimum atomic E-state index is -0.413. The Balaban J connectivity index is 1.50. The molecule has 0 spiro atoms. The molecule has 1 atom stereocenters. The number of aromatic hydroxyl groups is 1. The summed E-state index contributed by atoms with van der Waals surface area (Å²) in [5.74, 6) is -0.540. The number of amides is 2. The van der Waals surface area contributed by atoms with Crippen molar-refractivity contribution >= 4 is 44.7 Å². The summed E-state index contributed by atoms with van der Waals surface area (Å²) in [4.78, 5) is 31.0. The van der Waals surface area contributed by atoms with Crippen molar-refractivity contribution in [3.63, 3.8) is 0 Å². The number of nitrogens with one attached hydrogen (secondary N) is 1. The Kier molecular flexibility index (Phi) is 4.08. The predicted molar refractivity (Wildman–Crippen MR) is 102 cm³/mol. The van der Waals surface area contributed by atoms with Crippen LogP contribution in [0.1, 0.15) is 11.4 Å². The molecule has 1 aliphatic heterocycles. The lowest BCUT2D eigenvalue weighted by Crippen LogP contribution is -2.28. The van der Waals surface area contributed by atoms with Gasteiger partial charge in [0.05, 0.1) is 21.1 Å². The van der Waals surface area contributed by atoms with Crippen molar-refractivity contribution in [2.24, 2.45) is 5.92 Å². The Bertz CT molecular complexity index is 997. The number of aromatic nitrogens is 1. The number of nitrogens with zero attached hydrogens (tertiary/aromatic N) is 2. The van der Waals surface area contributed by atoms with Crippen LogP contribution >= 0.6 is 11.3 Å². The molecule has 1 saturated heterocycles. The molecule has 2 aromatic carbocycles. The van der Waals surface area contributed by atoms with Crippen LogP contribution in [0.2, 0.25) is 0 Å². The molecule has 26 heavy (non-hydrogen) atoms. The van der Waals surface area contributed by atoms with E-state index in [2.05, 4.69) is 10.3 Å². The molecule has 3 aromatic rings. The second-order valence-electron chi connectivity index (χ2n) is 6.33. The van der Waals surface area contributed by atoms with Crippen LogP contribution in [0.15, 0.2) is 42.5 Å². The molecule has 2 heterocycles. The quantitative estimate of drug-likeness (QED) is 0.696. The van der Waals surface area contributed by atoms with Crippen LogP contribution in [0.4, 0.5) is 11.4 Å². The molecule has 0 aliphatic carbocycles. The molecule has 1 aromatic heterocycles. The SMILES string of the molecule is Cc1nc2cc(N3CC(C(=O)Nc4ccc(O)cc4)CC3=O)ccc2s1. The first kappa shape index (κ1) is 16.5. The summed E-state index contributed by atoms with van der Waals surface area (Å²) in [7, 11) is 0. The lowest BCUT2D eigenvalue weighted by molar-refractivity contribution is -0.122. The zero-order valence-electron chi connectivity index (χ0n) is 14.1. The number of phenols is 1. The average molecular weight is 367 g/mol. The van der Waals surface area contributed by atoms with E-state index in [0.717, 1.165) is 20.9 Å². The number of hydrogen-bond acceptors (Lipinski definition) is 5. The molecule has 6 nitrogen and oxygen atoms in total. The van der Waals surface area contributed by atoms with Crippen LogP contribution < -0.4 is 10.2 Å². The Hall–Kier alpha value is -2.93. The number of hydrogen-bond donors (Lipinski definition) is 2. The van der Waals surface area contributed by atoms with Crippen LogP contribution in [-0.2, 0) is 9.59 Å². The second-order valence-corrected chi connectivity index (χ2v) is 7.56. The number of benzene rings is 2. The third-order valence-electron chi connectivity index (χ3n) is 4.42. The topological polar surface area (TPSA) is 82.5 Å². The first-order valence-electron chi connectivity index (χ1n) is 8.27. The number of rotatable bonds is 3. The number of phenolic OH excluding ortho intramolecular Hbond substituents is 1. The highest BCUT2D eigenvalue weighted by Gasteiger charge is 2.35. The fourth-order valence-corrected chi connectivity index (χ4v) is 3.93. The predicted octanol–water partition coefficient (Wildman–Crippen LogP) is 3.30. The van der Waals surface area contributed by atoms with Crippen LogP contribution in [0.25, 0.3) is 10.2 Å². The molecule has 0 radical (unpaired) electrons. The van der Waals surface area contributed by atoms with E-state index in [1.165, 1.54) is 12.1 Å². The highest BCUT2D eigenvalue weighted by atomic mass is 32.1. The summed E-state index contributed by atoms with van der Waals surface area (Å²) in [5.41, 5.74) is 2.24. The molecule has 0 saturated carbocycles. The van der Waals surface area contributed by atoms with Crippen molar-refractivity contribution in [3.05, 3.63) is 47.5 Å². The van der Waals surface area contributed by atoms with E-state index in [0.29, 0.717) is 12.2 Å². The van der Waals surface area contributed by atoms with Gasteiger partial charge in [0, 0.05) is 24.3 Å². The van der Waals surface area contributed by atoms with E-state index in [1.54, 1.807) is 28.4 Å². The Morgan fingerprint density at radius 1 is 1.27 bits per heavy atom. The van der Waals surface area contributed by atoms with Gasteiger partial charge in [-0.1, -0.05) is 0 Å². The van der Waals surface area contributed by atoms with Gasteiger partial charge in [0.15, 0.2) is 0 Å². The molecule has 1 aliphatic rings. The Labute approximate surface area is 154 Å². The molecule has 1 unspecified atom stereocenters. The van der Waals surface area contributed by atoms with Crippen molar-refractivity contribution in [1.29, 1.82) is 0 Å². The van der Waals surface area contributed by atoms with E-state index in [-0.39, 0.29) is 24.0 Å². The van der Waals surface area contributed by atoms with Gasteiger partial charge < -0.3 is 15.3 Å². The largest absolute Gasteiger partial charge is 0.508 e. The monoisotopic (exact) mass is 367 g/mol. The summed E-state index contributed by atoms with van der Waals surface area (Å²) < 4.78 is 1.08. The minimum Gasteiger partial charge on any atom is -0.508 e. The molecule has 0 bridgehead atoms. The summed E-state index contributed by atoms with van der Waals surface area (Å²) in [5, 5.41) is 13.1. The molecule has 1 fully saturated rings. The van der Waals surface area contributed by atoms with Gasteiger partial charge in [-0.3, -0.25) is 9.59 Å². The van der Waals surface area contributed by atoms with Gasteiger partial charge in [0.2, 0.25) is 11.8 Å². The maximum atomic E-state index is 12.5. The van der Waals surface area contributed by atoms with Gasteiger partial charge in [0.25, 0.3) is 0 Å². The van der Waals surface area contributed by atoms with Crippen molar-refractivity contribution in [1.82, 2.24) is 4.98 Å². The van der Waals surface area contributed by atoms with Crippen LogP contribution in [0.5, 0.6) is 5.75 Å². The third-order valence-corrected chi connectivity index (χ3v) is 5.37. The van der Waals surface area contributed by atoms with E-state index in [4.69, 9.17) is 0 Å². The smallest absolute Gasteiger partial charge is 0.229 e. The summed E-state index contributed by atoms with van der Waals surface area (Å²) in [6.45, 7) is 2.30. The molecular formula is C19H17N3O3S. The van der Waals surface area contributed by atoms with Crippen LogP contribution in [-0.4, -0.2) is 28.4 Å². The molecule has 2 N–H and O–H groups in total. The average Bonchev–Trinajstić information content (AvgIpc) is 3.18.